The number of ether oxygens (including phenoxy) is 2. The normalized spacial score (nSPS) is 22.0. The van der Waals surface area contributed by atoms with Gasteiger partial charge < -0.3 is 9.47 Å². The summed E-state index contributed by atoms with van der Waals surface area (Å²) >= 11 is 6.06. The zero-order valence-electron chi connectivity index (χ0n) is 12.0. The predicted octanol–water partition coefficient (Wildman–Crippen LogP) is 2.33. The molecule has 1 fully saturated rings. The summed E-state index contributed by atoms with van der Waals surface area (Å²) in [6.07, 6.45) is 1.46. The molecule has 1 aliphatic heterocycles. The fraction of sp³-hybridized carbons (Fsp3) is 0.467. The van der Waals surface area contributed by atoms with E-state index in [-0.39, 0.29) is 17.7 Å². The summed E-state index contributed by atoms with van der Waals surface area (Å²) in [5, 5.41) is 1.07. The highest BCUT2D eigenvalue weighted by atomic mass is 35.5. The average molecular weight is 309 g/mol. The number of benzene rings is 1. The number of hydrogen-bond acceptors (Lipinski definition) is 4. The van der Waals surface area contributed by atoms with Crippen molar-refractivity contribution in [2.45, 2.75) is 26.0 Å². The van der Waals surface area contributed by atoms with Crippen molar-refractivity contribution in [3.05, 3.63) is 39.4 Å². The maximum absolute atomic E-state index is 12.7. The molecule has 1 aromatic carbocycles. The fourth-order valence-corrected chi connectivity index (χ4v) is 3.05. The Kier molecular flexibility index (Phi) is 3.97. The summed E-state index contributed by atoms with van der Waals surface area (Å²) in [6.45, 7) is 5.37. The molecule has 0 bridgehead atoms. The van der Waals surface area contributed by atoms with E-state index in [0.717, 1.165) is 5.56 Å². The topological polar surface area (TPSA) is 53.4 Å². The Morgan fingerprint density at radius 3 is 3.05 bits per heavy atom. The lowest BCUT2D eigenvalue weighted by molar-refractivity contribution is 0.0356. The van der Waals surface area contributed by atoms with Gasteiger partial charge in [-0.05, 0) is 31.5 Å². The first kappa shape index (κ1) is 14.5. The van der Waals surface area contributed by atoms with Crippen LogP contribution in [0, 0.1) is 6.92 Å². The molecule has 0 aliphatic carbocycles. The highest BCUT2D eigenvalue weighted by Crippen LogP contribution is 2.23. The molecule has 0 unspecified atom stereocenters. The van der Waals surface area contributed by atoms with Gasteiger partial charge in [-0.2, -0.15) is 0 Å². The fourth-order valence-electron chi connectivity index (χ4n) is 2.77. The van der Waals surface area contributed by atoms with Crippen LogP contribution < -0.4 is 5.56 Å². The van der Waals surface area contributed by atoms with Crippen molar-refractivity contribution in [2.75, 3.05) is 19.8 Å². The van der Waals surface area contributed by atoms with Crippen LogP contribution in [0.5, 0.6) is 0 Å². The number of fused-ring (bicyclic) bond motifs is 1. The minimum atomic E-state index is -0.145. The third kappa shape index (κ3) is 2.57. The predicted molar refractivity (Wildman–Crippen MR) is 81.0 cm³/mol. The van der Waals surface area contributed by atoms with Crippen LogP contribution >= 0.6 is 11.6 Å². The molecular formula is C15H17ClN2O3. The summed E-state index contributed by atoms with van der Waals surface area (Å²) < 4.78 is 12.7. The van der Waals surface area contributed by atoms with E-state index in [9.17, 15) is 4.79 Å². The number of nitrogens with zero attached hydrogens (tertiary/aromatic N) is 2. The minimum absolute atomic E-state index is 0.106. The number of halogens is 1. The molecule has 0 saturated carbocycles. The average Bonchev–Trinajstić information content (AvgIpc) is 2.88. The second-order valence-corrected chi connectivity index (χ2v) is 5.61. The smallest absolute Gasteiger partial charge is 0.261 e. The summed E-state index contributed by atoms with van der Waals surface area (Å²) in [5.41, 5.74) is 1.48. The maximum Gasteiger partial charge on any atom is 0.261 e. The molecule has 1 saturated heterocycles. The number of aromatic nitrogens is 2. The third-order valence-corrected chi connectivity index (χ3v) is 4.00. The highest BCUT2D eigenvalue weighted by molar-refractivity contribution is 6.31. The van der Waals surface area contributed by atoms with Gasteiger partial charge in [0, 0.05) is 11.6 Å². The molecular weight excluding hydrogens is 292 g/mol. The van der Waals surface area contributed by atoms with Gasteiger partial charge in [0.1, 0.15) is 6.10 Å². The molecule has 2 aromatic rings. The van der Waals surface area contributed by atoms with Crippen molar-refractivity contribution < 1.29 is 9.47 Å². The lowest BCUT2D eigenvalue weighted by Gasteiger charge is -2.20. The maximum atomic E-state index is 12.7. The van der Waals surface area contributed by atoms with E-state index < -0.39 is 0 Å². The van der Waals surface area contributed by atoms with Gasteiger partial charge in [-0.3, -0.25) is 9.36 Å². The Balaban J connectivity index is 2.12. The molecule has 3 rings (SSSR count). The number of hydrogen-bond donors (Lipinski definition) is 0. The Bertz CT molecular complexity index is 729. The van der Waals surface area contributed by atoms with Gasteiger partial charge in [-0.1, -0.05) is 11.6 Å². The van der Waals surface area contributed by atoms with E-state index in [1.165, 1.54) is 0 Å². The summed E-state index contributed by atoms with van der Waals surface area (Å²) in [4.78, 5) is 17.1. The van der Waals surface area contributed by atoms with Gasteiger partial charge in [0.2, 0.25) is 0 Å². The first-order chi connectivity index (χ1) is 10.1. The van der Waals surface area contributed by atoms with Crippen molar-refractivity contribution >= 4 is 22.5 Å². The number of aryl methyl sites for hydroxylation is 1. The molecule has 2 atom stereocenters. The van der Waals surface area contributed by atoms with E-state index >= 15 is 0 Å². The largest absolute Gasteiger partial charge is 0.376 e. The summed E-state index contributed by atoms with van der Waals surface area (Å²) in [6, 6.07) is 3.33. The van der Waals surface area contributed by atoms with Crippen molar-refractivity contribution in [1.29, 1.82) is 0 Å². The molecule has 0 radical (unpaired) electrons. The van der Waals surface area contributed by atoms with Gasteiger partial charge in [-0.25, -0.2) is 4.98 Å². The van der Waals surface area contributed by atoms with Crippen molar-refractivity contribution in [3.8, 4) is 0 Å². The van der Waals surface area contributed by atoms with E-state index in [2.05, 4.69) is 4.98 Å². The molecule has 0 N–H and O–H groups in total. The summed E-state index contributed by atoms with van der Waals surface area (Å²) in [7, 11) is 0. The summed E-state index contributed by atoms with van der Waals surface area (Å²) in [5.74, 6) is 0. The standard InChI is InChI=1S/C15H17ClN2O3/c1-3-21-13-7-20-6-12(13)18-8-17-14-9(2)4-10(16)5-11(14)15(18)19/h4-5,8,12-13H,3,6-7H2,1-2H3/t12-,13-/m0/s1. The molecule has 1 aliphatic rings. The van der Waals surface area contributed by atoms with E-state index in [1.54, 1.807) is 17.0 Å². The second kappa shape index (κ2) is 5.75. The zero-order chi connectivity index (χ0) is 15.0. The zero-order valence-corrected chi connectivity index (χ0v) is 12.8. The van der Waals surface area contributed by atoms with Gasteiger partial charge in [0.25, 0.3) is 5.56 Å². The second-order valence-electron chi connectivity index (χ2n) is 5.17. The molecule has 1 aromatic heterocycles. The van der Waals surface area contributed by atoms with E-state index in [0.29, 0.717) is 35.7 Å². The Morgan fingerprint density at radius 2 is 2.29 bits per heavy atom. The Morgan fingerprint density at radius 1 is 1.48 bits per heavy atom. The lowest BCUT2D eigenvalue weighted by Crippen LogP contribution is -2.33. The van der Waals surface area contributed by atoms with Crippen molar-refractivity contribution in [2.24, 2.45) is 0 Å². The van der Waals surface area contributed by atoms with Crippen LogP contribution in [-0.4, -0.2) is 35.5 Å². The van der Waals surface area contributed by atoms with Gasteiger partial charge in [0.05, 0.1) is 36.5 Å². The quantitative estimate of drug-likeness (QED) is 0.873. The van der Waals surface area contributed by atoms with Crippen molar-refractivity contribution in [3.63, 3.8) is 0 Å². The molecule has 0 amide bonds. The molecule has 21 heavy (non-hydrogen) atoms. The van der Waals surface area contributed by atoms with Gasteiger partial charge in [0.15, 0.2) is 0 Å². The first-order valence-corrected chi connectivity index (χ1v) is 7.36. The first-order valence-electron chi connectivity index (χ1n) is 6.98. The van der Waals surface area contributed by atoms with Gasteiger partial charge in [-0.15, -0.1) is 0 Å². The van der Waals surface area contributed by atoms with Crippen LogP contribution in [0.15, 0.2) is 23.3 Å². The number of rotatable bonds is 3. The SMILES string of the molecule is CCO[C@H]1COC[C@@H]1n1cnc2c(C)cc(Cl)cc2c1=O. The highest BCUT2D eigenvalue weighted by Gasteiger charge is 2.31. The molecule has 5 nitrogen and oxygen atoms in total. The third-order valence-electron chi connectivity index (χ3n) is 3.78. The molecule has 6 heteroatoms. The minimum Gasteiger partial charge on any atom is -0.376 e. The van der Waals surface area contributed by atoms with E-state index in [1.807, 2.05) is 19.9 Å². The van der Waals surface area contributed by atoms with Crippen LogP contribution in [0.1, 0.15) is 18.5 Å². The van der Waals surface area contributed by atoms with Crippen LogP contribution in [0.2, 0.25) is 5.02 Å². The van der Waals surface area contributed by atoms with Crippen LogP contribution in [0.4, 0.5) is 0 Å². The van der Waals surface area contributed by atoms with Gasteiger partial charge >= 0.3 is 0 Å². The van der Waals surface area contributed by atoms with Crippen LogP contribution in [0.3, 0.4) is 0 Å². The van der Waals surface area contributed by atoms with Crippen LogP contribution in [-0.2, 0) is 9.47 Å². The van der Waals surface area contributed by atoms with E-state index in [4.69, 9.17) is 21.1 Å². The molecule has 0 spiro atoms. The Hall–Kier alpha value is -1.43. The monoisotopic (exact) mass is 308 g/mol. The molecule has 2 heterocycles. The molecule has 112 valence electrons. The lowest BCUT2D eigenvalue weighted by atomic mass is 10.1. The van der Waals surface area contributed by atoms with Crippen LogP contribution in [0.25, 0.3) is 10.9 Å². The van der Waals surface area contributed by atoms with Crippen molar-refractivity contribution in [1.82, 2.24) is 9.55 Å². The Labute approximate surface area is 127 Å².